The van der Waals surface area contributed by atoms with Crippen LogP contribution in [0, 0.1) is 0 Å². The van der Waals surface area contributed by atoms with Crippen molar-refractivity contribution in [3.05, 3.63) is 35.9 Å². The molecule has 126 valence electrons. The van der Waals surface area contributed by atoms with Crippen LogP contribution in [-0.4, -0.2) is 36.8 Å². The fourth-order valence-corrected chi connectivity index (χ4v) is 2.07. The Labute approximate surface area is 151 Å². The number of hydrogen-bond donors (Lipinski definition) is 3. The number of halogens is 1. The topological polar surface area (TPSA) is 56.7 Å². The number of rotatable bonds is 9. The number of nitrogens with one attached hydrogen (secondary N) is 2. The van der Waals surface area contributed by atoms with Crippen molar-refractivity contribution >= 4 is 29.9 Å². The van der Waals surface area contributed by atoms with E-state index in [1.165, 1.54) is 12.8 Å². The van der Waals surface area contributed by atoms with Crippen LogP contribution in [0.15, 0.2) is 35.3 Å². The summed E-state index contributed by atoms with van der Waals surface area (Å²) in [6, 6.07) is 10.0. The van der Waals surface area contributed by atoms with E-state index in [0.29, 0.717) is 13.0 Å². The zero-order valence-corrected chi connectivity index (χ0v) is 16.0. The molecule has 0 bridgehead atoms. The Morgan fingerprint density at radius 1 is 1.14 bits per heavy atom. The molecule has 1 aromatic rings. The third-order valence-corrected chi connectivity index (χ3v) is 3.19. The van der Waals surface area contributed by atoms with Crippen molar-refractivity contribution in [2.24, 2.45) is 4.99 Å². The van der Waals surface area contributed by atoms with Crippen LogP contribution in [0.2, 0.25) is 0 Å². The SMILES string of the molecule is CCCCCNC(=NCC(O)Cc1ccccc1)NCC.I. The first-order valence-corrected chi connectivity index (χ1v) is 8.00. The Balaban J connectivity index is 0.00000441. The number of aliphatic hydroxyl groups excluding tert-OH is 1. The maximum Gasteiger partial charge on any atom is 0.191 e. The lowest BCUT2D eigenvalue weighted by Crippen LogP contribution is -2.38. The molecule has 0 fully saturated rings. The van der Waals surface area contributed by atoms with Gasteiger partial charge in [-0.2, -0.15) is 0 Å². The zero-order chi connectivity index (χ0) is 15.3. The molecule has 1 aromatic carbocycles. The number of aliphatic hydroxyl groups is 1. The minimum Gasteiger partial charge on any atom is -0.391 e. The molecule has 0 amide bonds. The fraction of sp³-hybridized carbons (Fsp3) is 0.588. The highest BCUT2D eigenvalue weighted by atomic mass is 127. The van der Waals surface area contributed by atoms with Crippen molar-refractivity contribution in [1.82, 2.24) is 10.6 Å². The summed E-state index contributed by atoms with van der Waals surface area (Å²) in [7, 11) is 0. The van der Waals surface area contributed by atoms with E-state index in [1.807, 2.05) is 37.3 Å². The van der Waals surface area contributed by atoms with E-state index < -0.39 is 6.10 Å². The molecule has 0 aromatic heterocycles. The van der Waals surface area contributed by atoms with Gasteiger partial charge in [0.05, 0.1) is 12.6 Å². The van der Waals surface area contributed by atoms with E-state index in [9.17, 15) is 5.11 Å². The zero-order valence-electron chi connectivity index (χ0n) is 13.7. The molecular weight excluding hydrogens is 389 g/mol. The van der Waals surface area contributed by atoms with Gasteiger partial charge in [0.25, 0.3) is 0 Å². The van der Waals surface area contributed by atoms with Crippen molar-refractivity contribution in [2.75, 3.05) is 19.6 Å². The van der Waals surface area contributed by atoms with Crippen molar-refractivity contribution in [1.29, 1.82) is 0 Å². The molecule has 0 saturated heterocycles. The lowest BCUT2D eigenvalue weighted by molar-refractivity contribution is 0.183. The smallest absolute Gasteiger partial charge is 0.191 e. The molecule has 0 heterocycles. The van der Waals surface area contributed by atoms with E-state index in [2.05, 4.69) is 22.5 Å². The van der Waals surface area contributed by atoms with Crippen LogP contribution in [0.3, 0.4) is 0 Å². The summed E-state index contributed by atoms with van der Waals surface area (Å²) in [6.45, 7) is 6.41. The van der Waals surface area contributed by atoms with Crippen molar-refractivity contribution < 1.29 is 5.11 Å². The Hall–Kier alpha value is -0.820. The van der Waals surface area contributed by atoms with Gasteiger partial charge in [0, 0.05) is 19.5 Å². The molecule has 3 N–H and O–H groups in total. The summed E-state index contributed by atoms with van der Waals surface area (Å²) in [6.07, 6.45) is 3.78. The number of nitrogens with zero attached hydrogens (tertiary/aromatic N) is 1. The molecule has 0 aliphatic heterocycles. The summed E-state index contributed by atoms with van der Waals surface area (Å²) in [5, 5.41) is 16.6. The van der Waals surface area contributed by atoms with Gasteiger partial charge in [-0.05, 0) is 18.9 Å². The second-order valence-corrected chi connectivity index (χ2v) is 5.20. The van der Waals surface area contributed by atoms with Gasteiger partial charge in [0.2, 0.25) is 0 Å². The van der Waals surface area contributed by atoms with Crippen molar-refractivity contribution in [2.45, 2.75) is 45.6 Å². The third kappa shape index (κ3) is 10.00. The Kier molecular flexibility index (Phi) is 13.3. The molecule has 0 radical (unpaired) electrons. The Morgan fingerprint density at radius 2 is 1.86 bits per heavy atom. The number of guanidine groups is 1. The summed E-state index contributed by atoms with van der Waals surface area (Å²) in [4.78, 5) is 4.45. The van der Waals surface area contributed by atoms with Gasteiger partial charge in [0.15, 0.2) is 5.96 Å². The normalized spacial score (nSPS) is 12.4. The molecule has 22 heavy (non-hydrogen) atoms. The van der Waals surface area contributed by atoms with Gasteiger partial charge in [-0.25, -0.2) is 0 Å². The minimum atomic E-state index is -0.446. The Bertz CT molecular complexity index is 398. The predicted molar refractivity (Wildman–Crippen MR) is 105 cm³/mol. The molecule has 4 nitrogen and oxygen atoms in total. The van der Waals surface area contributed by atoms with E-state index >= 15 is 0 Å². The molecule has 0 spiro atoms. The van der Waals surface area contributed by atoms with E-state index in [0.717, 1.165) is 31.0 Å². The summed E-state index contributed by atoms with van der Waals surface area (Å²) in [5.41, 5.74) is 1.14. The summed E-state index contributed by atoms with van der Waals surface area (Å²) < 4.78 is 0. The van der Waals surface area contributed by atoms with E-state index in [-0.39, 0.29) is 24.0 Å². The Morgan fingerprint density at radius 3 is 2.50 bits per heavy atom. The minimum absolute atomic E-state index is 0. The molecule has 1 rings (SSSR count). The number of aliphatic imine (C=N–C) groups is 1. The van der Waals surface area contributed by atoms with Crippen LogP contribution < -0.4 is 10.6 Å². The lowest BCUT2D eigenvalue weighted by Gasteiger charge is -2.13. The largest absolute Gasteiger partial charge is 0.391 e. The molecule has 5 heteroatoms. The number of benzene rings is 1. The third-order valence-electron chi connectivity index (χ3n) is 3.19. The second-order valence-electron chi connectivity index (χ2n) is 5.20. The first kappa shape index (κ1) is 21.2. The van der Waals surface area contributed by atoms with Gasteiger partial charge >= 0.3 is 0 Å². The van der Waals surface area contributed by atoms with Crippen LogP contribution in [0.1, 0.15) is 38.7 Å². The molecule has 0 aliphatic carbocycles. The molecule has 1 unspecified atom stereocenters. The van der Waals surface area contributed by atoms with Crippen LogP contribution in [0.5, 0.6) is 0 Å². The van der Waals surface area contributed by atoms with E-state index in [4.69, 9.17) is 0 Å². The molecule has 1 atom stereocenters. The van der Waals surface area contributed by atoms with E-state index in [1.54, 1.807) is 0 Å². The van der Waals surface area contributed by atoms with Gasteiger partial charge < -0.3 is 15.7 Å². The van der Waals surface area contributed by atoms with Gasteiger partial charge in [-0.15, -0.1) is 24.0 Å². The lowest BCUT2D eigenvalue weighted by atomic mass is 10.1. The highest BCUT2D eigenvalue weighted by molar-refractivity contribution is 14.0. The predicted octanol–water partition coefficient (Wildman–Crippen LogP) is 2.95. The maximum absolute atomic E-state index is 10.1. The van der Waals surface area contributed by atoms with Crippen LogP contribution >= 0.6 is 24.0 Å². The van der Waals surface area contributed by atoms with Crippen molar-refractivity contribution in [3.8, 4) is 0 Å². The van der Waals surface area contributed by atoms with Gasteiger partial charge in [0.1, 0.15) is 0 Å². The average Bonchev–Trinajstić information content (AvgIpc) is 2.50. The molecule has 0 saturated carbocycles. The first-order valence-electron chi connectivity index (χ1n) is 8.00. The highest BCUT2D eigenvalue weighted by Gasteiger charge is 2.05. The van der Waals surface area contributed by atoms with Crippen LogP contribution in [-0.2, 0) is 6.42 Å². The van der Waals surface area contributed by atoms with Crippen LogP contribution in [0.4, 0.5) is 0 Å². The summed E-state index contributed by atoms with van der Waals surface area (Å²) in [5.74, 6) is 0.792. The average molecular weight is 419 g/mol. The number of hydrogen-bond acceptors (Lipinski definition) is 2. The quantitative estimate of drug-likeness (QED) is 0.250. The fourth-order valence-electron chi connectivity index (χ4n) is 2.07. The molecular formula is C17H30IN3O. The van der Waals surface area contributed by atoms with Gasteiger partial charge in [-0.3, -0.25) is 4.99 Å². The van der Waals surface area contributed by atoms with Crippen LogP contribution in [0.25, 0.3) is 0 Å². The monoisotopic (exact) mass is 419 g/mol. The summed E-state index contributed by atoms with van der Waals surface area (Å²) >= 11 is 0. The number of unbranched alkanes of at least 4 members (excludes halogenated alkanes) is 2. The molecule has 0 aliphatic rings. The van der Waals surface area contributed by atoms with Crippen molar-refractivity contribution in [3.63, 3.8) is 0 Å². The highest BCUT2D eigenvalue weighted by Crippen LogP contribution is 2.03. The standard InChI is InChI=1S/C17H29N3O.HI/c1-3-5-9-12-19-17(18-4-2)20-14-16(21)13-15-10-7-6-8-11-15;/h6-8,10-11,16,21H,3-5,9,12-14H2,1-2H3,(H2,18,19,20);1H. The maximum atomic E-state index is 10.1. The second kappa shape index (κ2) is 13.8. The van der Waals surface area contributed by atoms with Gasteiger partial charge in [-0.1, -0.05) is 50.1 Å². The first-order chi connectivity index (χ1) is 10.3.